The quantitative estimate of drug-likeness (QED) is 0.914. The van der Waals surface area contributed by atoms with Gasteiger partial charge in [-0.2, -0.15) is 4.31 Å². The minimum Gasteiger partial charge on any atom is -0.392 e. The number of hydrogen-bond donors (Lipinski definition) is 1. The van der Waals surface area contributed by atoms with Gasteiger partial charge in [0.1, 0.15) is 4.21 Å². The van der Waals surface area contributed by atoms with Crippen LogP contribution in [0.25, 0.3) is 10.6 Å². The molecule has 1 unspecified atom stereocenters. The van der Waals surface area contributed by atoms with Gasteiger partial charge in [-0.05, 0) is 31.2 Å². The monoisotopic (exact) mass is 312 g/mol. The minimum atomic E-state index is -3.56. The van der Waals surface area contributed by atoms with Crippen molar-refractivity contribution in [2.24, 2.45) is 0 Å². The highest BCUT2D eigenvalue weighted by Gasteiger charge is 2.24. The van der Waals surface area contributed by atoms with Gasteiger partial charge < -0.3 is 5.11 Å². The van der Waals surface area contributed by atoms with Crippen LogP contribution in [0.15, 0.2) is 40.7 Å². The number of likely N-dealkylation sites (N-methyl/N-ethyl adjacent to an activating group) is 1. The number of aromatic nitrogens is 1. The van der Waals surface area contributed by atoms with Crippen molar-refractivity contribution in [3.8, 4) is 10.6 Å². The normalized spacial score (nSPS) is 13.6. The number of sulfonamides is 1. The smallest absolute Gasteiger partial charge is 0.252 e. The molecule has 2 aromatic rings. The zero-order valence-corrected chi connectivity index (χ0v) is 12.9. The summed E-state index contributed by atoms with van der Waals surface area (Å²) in [6, 6.07) is 8.82. The predicted octanol–water partition coefficient (Wildman–Crippen LogP) is 1.81. The molecule has 0 spiro atoms. The first kappa shape index (κ1) is 15.1. The van der Waals surface area contributed by atoms with Crippen molar-refractivity contribution in [1.29, 1.82) is 0 Å². The Morgan fingerprint density at radius 3 is 2.70 bits per heavy atom. The molecule has 0 fully saturated rings. The lowest BCUT2D eigenvalue weighted by molar-refractivity contribution is 0.171. The SMILES string of the molecule is CC(O)CN(C)S(=O)(=O)c1ccc(-c2ccccn2)s1. The number of aliphatic hydroxyl groups is 1. The number of aliphatic hydroxyl groups excluding tert-OH is 1. The molecule has 5 nitrogen and oxygen atoms in total. The van der Waals surface area contributed by atoms with Crippen molar-refractivity contribution in [2.45, 2.75) is 17.2 Å². The molecule has 0 amide bonds. The molecule has 0 aliphatic carbocycles. The molecule has 1 N–H and O–H groups in total. The second kappa shape index (κ2) is 6.01. The summed E-state index contributed by atoms with van der Waals surface area (Å²) in [6.45, 7) is 1.62. The van der Waals surface area contributed by atoms with Gasteiger partial charge in [0.15, 0.2) is 0 Å². The van der Waals surface area contributed by atoms with Gasteiger partial charge in [-0.25, -0.2) is 8.42 Å². The number of nitrogens with zero attached hydrogens (tertiary/aromatic N) is 2. The van der Waals surface area contributed by atoms with E-state index in [1.807, 2.05) is 18.2 Å². The van der Waals surface area contributed by atoms with Crippen LogP contribution in [-0.4, -0.2) is 42.5 Å². The molecule has 2 rings (SSSR count). The summed E-state index contributed by atoms with van der Waals surface area (Å²) in [7, 11) is -2.10. The Morgan fingerprint density at radius 1 is 1.35 bits per heavy atom. The van der Waals surface area contributed by atoms with E-state index in [2.05, 4.69) is 4.98 Å². The van der Waals surface area contributed by atoms with Crippen molar-refractivity contribution in [3.63, 3.8) is 0 Å². The average Bonchev–Trinajstić information content (AvgIpc) is 2.89. The number of thiophene rings is 1. The van der Waals surface area contributed by atoms with E-state index in [-0.39, 0.29) is 10.8 Å². The molecule has 0 radical (unpaired) electrons. The van der Waals surface area contributed by atoms with Crippen LogP contribution in [0.4, 0.5) is 0 Å². The highest BCUT2D eigenvalue weighted by Crippen LogP contribution is 2.30. The molecule has 0 aromatic carbocycles. The molecule has 1 atom stereocenters. The molecule has 2 heterocycles. The van der Waals surface area contributed by atoms with E-state index >= 15 is 0 Å². The lowest BCUT2D eigenvalue weighted by Crippen LogP contribution is -2.32. The molecule has 7 heteroatoms. The lowest BCUT2D eigenvalue weighted by atomic mass is 10.3. The Labute approximate surface area is 122 Å². The topological polar surface area (TPSA) is 70.5 Å². The van der Waals surface area contributed by atoms with Crippen LogP contribution in [-0.2, 0) is 10.0 Å². The van der Waals surface area contributed by atoms with E-state index < -0.39 is 16.1 Å². The van der Waals surface area contributed by atoms with E-state index in [0.717, 1.165) is 14.9 Å². The maximum atomic E-state index is 12.3. The second-order valence-electron chi connectivity index (χ2n) is 4.47. The van der Waals surface area contributed by atoms with Crippen molar-refractivity contribution >= 4 is 21.4 Å². The zero-order chi connectivity index (χ0) is 14.8. The molecule has 2 aromatic heterocycles. The number of hydrogen-bond acceptors (Lipinski definition) is 5. The first-order valence-corrected chi connectivity index (χ1v) is 8.32. The predicted molar refractivity (Wildman–Crippen MR) is 79.0 cm³/mol. The van der Waals surface area contributed by atoms with E-state index in [1.54, 1.807) is 25.3 Å². The summed E-state index contributed by atoms with van der Waals surface area (Å²) in [5.74, 6) is 0. The summed E-state index contributed by atoms with van der Waals surface area (Å²) in [6.07, 6.45) is 0.966. The van der Waals surface area contributed by atoms with Gasteiger partial charge in [0, 0.05) is 19.8 Å². The van der Waals surface area contributed by atoms with Crippen LogP contribution in [0.5, 0.6) is 0 Å². The summed E-state index contributed by atoms with van der Waals surface area (Å²) >= 11 is 1.17. The fourth-order valence-corrected chi connectivity index (χ4v) is 4.47. The van der Waals surface area contributed by atoms with Crippen LogP contribution >= 0.6 is 11.3 Å². The third-order valence-electron chi connectivity index (χ3n) is 2.68. The van der Waals surface area contributed by atoms with Crippen LogP contribution in [0.3, 0.4) is 0 Å². The Morgan fingerprint density at radius 2 is 2.10 bits per heavy atom. The van der Waals surface area contributed by atoms with Crippen molar-refractivity contribution in [3.05, 3.63) is 36.5 Å². The van der Waals surface area contributed by atoms with Crippen molar-refractivity contribution in [2.75, 3.05) is 13.6 Å². The lowest BCUT2D eigenvalue weighted by Gasteiger charge is -2.17. The molecular formula is C13H16N2O3S2. The van der Waals surface area contributed by atoms with Crippen LogP contribution in [0.1, 0.15) is 6.92 Å². The fourth-order valence-electron chi connectivity index (χ4n) is 1.73. The molecular weight excluding hydrogens is 296 g/mol. The summed E-state index contributed by atoms with van der Waals surface area (Å²) in [5, 5.41) is 9.30. The standard InChI is InChI=1S/C13H16N2O3S2/c1-10(16)9-15(2)20(17,18)13-7-6-12(19-13)11-5-3-4-8-14-11/h3-8,10,16H,9H2,1-2H3. The van der Waals surface area contributed by atoms with Crippen molar-refractivity contribution < 1.29 is 13.5 Å². The van der Waals surface area contributed by atoms with Gasteiger partial charge in [0.25, 0.3) is 10.0 Å². The molecule has 0 bridgehead atoms. The molecule has 20 heavy (non-hydrogen) atoms. The molecule has 0 saturated carbocycles. The molecule has 0 saturated heterocycles. The first-order chi connectivity index (χ1) is 9.41. The van der Waals surface area contributed by atoms with E-state index in [0.29, 0.717) is 0 Å². The third-order valence-corrected chi connectivity index (χ3v) is 6.08. The Hall–Kier alpha value is -1.28. The van der Waals surface area contributed by atoms with Gasteiger partial charge in [0.2, 0.25) is 0 Å². The van der Waals surface area contributed by atoms with Gasteiger partial charge in [-0.3, -0.25) is 4.98 Å². The van der Waals surface area contributed by atoms with Gasteiger partial charge >= 0.3 is 0 Å². The largest absolute Gasteiger partial charge is 0.392 e. The van der Waals surface area contributed by atoms with E-state index in [9.17, 15) is 13.5 Å². The summed E-state index contributed by atoms with van der Waals surface area (Å²) in [4.78, 5) is 5.00. The van der Waals surface area contributed by atoms with Gasteiger partial charge in [0.05, 0.1) is 16.7 Å². The average molecular weight is 312 g/mol. The Balaban J connectivity index is 2.29. The highest BCUT2D eigenvalue weighted by molar-refractivity contribution is 7.91. The second-order valence-corrected chi connectivity index (χ2v) is 7.82. The first-order valence-electron chi connectivity index (χ1n) is 6.07. The summed E-state index contributed by atoms with van der Waals surface area (Å²) in [5.41, 5.74) is 0.747. The van der Waals surface area contributed by atoms with E-state index in [4.69, 9.17) is 0 Å². The number of rotatable bonds is 5. The maximum absolute atomic E-state index is 12.3. The molecule has 0 aliphatic rings. The van der Waals surface area contributed by atoms with Gasteiger partial charge in [-0.1, -0.05) is 6.07 Å². The highest BCUT2D eigenvalue weighted by atomic mass is 32.2. The van der Waals surface area contributed by atoms with Crippen LogP contribution < -0.4 is 0 Å². The van der Waals surface area contributed by atoms with Crippen LogP contribution in [0, 0.1) is 0 Å². The Bertz CT molecular complexity index is 666. The zero-order valence-electron chi connectivity index (χ0n) is 11.2. The van der Waals surface area contributed by atoms with Crippen molar-refractivity contribution in [1.82, 2.24) is 9.29 Å². The third kappa shape index (κ3) is 3.24. The van der Waals surface area contributed by atoms with Gasteiger partial charge in [-0.15, -0.1) is 11.3 Å². The van der Waals surface area contributed by atoms with E-state index in [1.165, 1.54) is 18.4 Å². The fraction of sp³-hybridized carbons (Fsp3) is 0.308. The maximum Gasteiger partial charge on any atom is 0.252 e. The molecule has 0 aliphatic heterocycles. The Kier molecular flexibility index (Phi) is 4.54. The minimum absolute atomic E-state index is 0.0686. The summed E-state index contributed by atoms with van der Waals surface area (Å²) < 4.78 is 26.0. The number of pyridine rings is 1. The molecule has 108 valence electrons. The van der Waals surface area contributed by atoms with Crippen LogP contribution in [0.2, 0.25) is 0 Å².